The molecule has 1 aromatic heterocycles. The van der Waals surface area contributed by atoms with E-state index in [-0.39, 0.29) is 24.1 Å². The molecular formula is C20H19FN6O3. The topological polar surface area (TPSA) is 111 Å². The van der Waals surface area contributed by atoms with Gasteiger partial charge in [-0.25, -0.2) is 4.39 Å². The van der Waals surface area contributed by atoms with Crippen LogP contribution in [0.15, 0.2) is 42.5 Å². The standard InChI is InChI=1S/C20H19FN6O3/c1-12-24-25-26-27(12)15-7-8-17(21)18(10-15)23-19(28)11-30-16-4-2-3-14(9-16)22-20(29)13-5-6-13/h2-4,7-10,13H,5-6,11H2,1H3,(H,22,29)(H,23,28). The van der Waals surface area contributed by atoms with Crippen LogP contribution in [0.5, 0.6) is 5.75 Å². The highest BCUT2D eigenvalue weighted by Gasteiger charge is 2.29. The lowest BCUT2D eigenvalue weighted by molar-refractivity contribution is -0.118. The molecule has 9 nitrogen and oxygen atoms in total. The molecule has 1 fully saturated rings. The third kappa shape index (κ3) is 4.59. The zero-order valence-electron chi connectivity index (χ0n) is 16.1. The van der Waals surface area contributed by atoms with Gasteiger partial charge in [0.2, 0.25) is 5.91 Å². The molecule has 0 atom stereocenters. The van der Waals surface area contributed by atoms with Crippen LogP contribution in [-0.4, -0.2) is 38.6 Å². The minimum Gasteiger partial charge on any atom is -0.484 e. The number of ether oxygens (including phenoxy) is 1. The van der Waals surface area contributed by atoms with Crippen molar-refractivity contribution in [2.75, 3.05) is 17.2 Å². The van der Waals surface area contributed by atoms with Crippen LogP contribution in [0.25, 0.3) is 5.69 Å². The van der Waals surface area contributed by atoms with Crippen LogP contribution in [0.1, 0.15) is 18.7 Å². The van der Waals surface area contributed by atoms with Gasteiger partial charge in [0.1, 0.15) is 11.6 Å². The molecule has 2 amide bonds. The highest BCUT2D eigenvalue weighted by molar-refractivity contribution is 5.94. The lowest BCUT2D eigenvalue weighted by atomic mass is 10.2. The second-order valence-corrected chi connectivity index (χ2v) is 6.93. The second kappa shape index (κ2) is 8.27. The summed E-state index contributed by atoms with van der Waals surface area (Å²) in [5.41, 5.74) is 1.09. The number of anilines is 2. The van der Waals surface area contributed by atoms with Crippen LogP contribution in [0, 0.1) is 18.7 Å². The Balaban J connectivity index is 1.37. The Morgan fingerprint density at radius 2 is 2.03 bits per heavy atom. The van der Waals surface area contributed by atoms with Crippen molar-refractivity contribution < 1.29 is 18.7 Å². The van der Waals surface area contributed by atoms with Gasteiger partial charge in [-0.15, -0.1) is 5.10 Å². The minimum atomic E-state index is -0.595. The van der Waals surface area contributed by atoms with E-state index in [0.717, 1.165) is 12.8 Å². The van der Waals surface area contributed by atoms with Gasteiger partial charge >= 0.3 is 0 Å². The molecule has 2 aromatic carbocycles. The summed E-state index contributed by atoms with van der Waals surface area (Å²) in [6, 6.07) is 10.9. The fourth-order valence-electron chi connectivity index (χ4n) is 2.80. The molecule has 0 bridgehead atoms. The van der Waals surface area contributed by atoms with Gasteiger partial charge in [-0.2, -0.15) is 4.68 Å². The molecule has 1 saturated carbocycles. The first-order chi connectivity index (χ1) is 14.5. The Kier molecular flexibility index (Phi) is 5.38. The van der Waals surface area contributed by atoms with Crippen LogP contribution < -0.4 is 15.4 Å². The second-order valence-electron chi connectivity index (χ2n) is 6.93. The number of nitrogens with one attached hydrogen (secondary N) is 2. The number of aryl methyl sites for hydroxylation is 1. The lowest BCUT2D eigenvalue weighted by Gasteiger charge is -2.11. The average Bonchev–Trinajstić information content (AvgIpc) is 3.50. The van der Waals surface area contributed by atoms with Crippen molar-refractivity contribution in [1.82, 2.24) is 20.2 Å². The third-order valence-electron chi connectivity index (χ3n) is 4.51. The molecule has 1 aliphatic rings. The SMILES string of the molecule is Cc1nnnn1-c1ccc(F)c(NC(=O)COc2cccc(NC(=O)C3CC3)c2)c1. The number of halogens is 1. The van der Waals surface area contributed by atoms with Gasteiger partial charge in [-0.3, -0.25) is 9.59 Å². The van der Waals surface area contributed by atoms with Gasteiger partial charge in [-0.05, 0) is 60.5 Å². The van der Waals surface area contributed by atoms with Crippen molar-refractivity contribution in [3.05, 3.63) is 54.1 Å². The molecule has 0 spiro atoms. The number of hydrogen-bond acceptors (Lipinski definition) is 6. The maximum absolute atomic E-state index is 14.1. The van der Waals surface area contributed by atoms with Crippen LogP contribution in [0.3, 0.4) is 0 Å². The number of carbonyl (C=O) groups excluding carboxylic acids is 2. The molecule has 154 valence electrons. The van der Waals surface area contributed by atoms with Gasteiger partial charge in [0, 0.05) is 17.7 Å². The van der Waals surface area contributed by atoms with Crippen molar-refractivity contribution >= 4 is 23.2 Å². The molecule has 30 heavy (non-hydrogen) atoms. The molecular weight excluding hydrogens is 391 g/mol. The van der Waals surface area contributed by atoms with E-state index in [4.69, 9.17) is 4.74 Å². The quantitative estimate of drug-likeness (QED) is 0.619. The maximum Gasteiger partial charge on any atom is 0.262 e. The van der Waals surface area contributed by atoms with Crippen molar-refractivity contribution in [2.45, 2.75) is 19.8 Å². The Morgan fingerprint density at radius 1 is 1.20 bits per heavy atom. The summed E-state index contributed by atoms with van der Waals surface area (Å²) in [6.07, 6.45) is 1.82. The van der Waals surface area contributed by atoms with Crippen molar-refractivity contribution in [1.29, 1.82) is 0 Å². The number of benzene rings is 2. The number of nitrogens with zero attached hydrogens (tertiary/aromatic N) is 4. The highest BCUT2D eigenvalue weighted by Crippen LogP contribution is 2.30. The number of hydrogen-bond donors (Lipinski definition) is 2. The number of tetrazole rings is 1. The first-order valence-corrected chi connectivity index (χ1v) is 9.38. The smallest absolute Gasteiger partial charge is 0.262 e. The van der Waals surface area contributed by atoms with Crippen molar-refractivity contribution in [3.63, 3.8) is 0 Å². The molecule has 4 rings (SSSR count). The summed E-state index contributed by atoms with van der Waals surface area (Å²) in [5.74, 6) is -0.121. The summed E-state index contributed by atoms with van der Waals surface area (Å²) in [7, 11) is 0. The van der Waals surface area contributed by atoms with E-state index in [0.29, 0.717) is 22.9 Å². The summed E-state index contributed by atoms with van der Waals surface area (Å²) in [5, 5.41) is 16.4. The van der Waals surface area contributed by atoms with E-state index in [1.54, 1.807) is 31.2 Å². The van der Waals surface area contributed by atoms with Gasteiger partial charge in [0.25, 0.3) is 5.91 Å². The molecule has 1 aliphatic carbocycles. The Bertz CT molecular complexity index is 1100. The molecule has 0 radical (unpaired) electrons. The van der Waals surface area contributed by atoms with E-state index >= 15 is 0 Å². The van der Waals surface area contributed by atoms with Crippen LogP contribution in [-0.2, 0) is 9.59 Å². The molecule has 10 heteroatoms. The Morgan fingerprint density at radius 3 is 2.77 bits per heavy atom. The zero-order valence-corrected chi connectivity index (χ0v) is 16.1. The minimum absolute atomic E-state index is 0.0125. The molecule has 3 aromatic rings. The van der Waals surface area contributed by atoms with E-state index in [2.05, 4.69) is 26.2 Å². The van der Waals surface area contributed by atoms with E-state index < -0.39 is 11.7 Å². The zero-order chi connectivity index (χ0) is 21.1. The van der Waals surface area contributed by atoms with Gasteiger partial charge < -0.3 is 15.4 Å². The fourth-order valence-corrected chi connectivity index (χ4v) is 2.80. The van der Waals surface area contributed by atoms with E-state index in [9.17, 15) is 14.0 Å². The summed E-state index contributed by atoms with van der Waals surface area (Å²) in [4.78, 5) is 24.1. The largest absolute Gasteiger partial charge is 0.484 e. The van der Waals surface area contributed by atoms with E-state index in [1.807, 2.05) is 0 Å². The fraction of sp³-hybridized carbons (Fsp3) is 0.250. The Hall–Kier alpha value is -3.82. The molecule has 0 unspecified atom stereocenters. The van der Waals surface area contributed by atoms with Gasteiger partial charge in [0.05, 0.1) is 11.4 Å². The van der Waals surface area contributed by atoms with Crippen LogP contribution in [0.2, 0.25) is 0 Å². The predicted octanol–water partition coefficient (Wildman–Crippen LogP) is 2.48. The Labute approximate surface area is 171 Å². The maximum atomic E-state index is 14.1. The number of aromatic nitrogens is 4. The molecule has 1 heterocycles. The molecule has 2 N–H and O–H groups in total. The summed E-state index contributed by atoms with van der Waals surface area (Å²) < 4.78 is 21.0. The lowest BCUT2D eigenvalue weighted by Crippen LogP contribution is -2.21. The van der Waals surface area contributed by atoms with Crippen molar-refractivity contribution in [2.24, 2.45) is 5.92 Å². The van der Waals surface area contributed by atoms with Crippen LogP contribution >= 0.6 is 0 Å². The third-order valence-corrected chi connectivity index (χ3v) is 4.51. The van der Waals surface area contributed by atoms with Gasteiger partial charge in [0.15, 0.2) is 12.4 Å². The number of amides is 2. The van der Waals surface area contributed by atoms with Crippen LogP contribution in [0.4, 0.5) is 15.8 Å². The first kappa shape index (κ1) is 19.5. The average molecular weight is 410 g/mol. The normalized spacial score (nSPS) is 13.0. The molecule has 0 saturated heterocycles. The predicted molar refractivity (Wildman–Crippen MR) is 106 cm³/mol. The first-order valence-electron chi connectivity index (χ1n) is 9.38. The summed E-state index contributed by atoms with van der Waals surface area (Å²) in [6.45, 7) is 1.38. The van der Waals surface area contributed by atoms with E-state index in [1.165, 1.54) is 22.9 Å². The number of carbonyl (C=O) groups is 2. The number of rotatable bonds is 7. The molecule has 0 aliphatic heterocycles. The monoisotopic (exact) mass is 410 g/mol. The summed E-state index contributed by atoms with van der Waals surface area (Å²) >= 11 is 0. The highest BCUT2D eigenvalue weighted by atomic mass is 19.1. The van der Waals surface area contributed by atoms with Crippen molar-refractivity contribution in [3.8, 4) is 11.4 Å². The van der Waals surface area contributed by atoms with Gasteiger partial charge in [-0.1, -0.05) is 6.07 Å².